The fourth-order valence-corrected chi connectivity index (χ4v) is 2.70. The number of nitro benzene ring substituents is 1. The van der Waals surface area contributed by atoms with Crippen LogP contribution in [-0.2, 0) is 4.74 Å². The molecule has 7 heteroatoms. The summed E-state index contributed by atoms with van der Waals surface area (Å²) >= 11 is 0. The first-order chi connectivity index (χ1) is 10.6. The molecule has 0 saturated carbocycles. The molecule has 1 saturated heterocycles. The Kier molecular flexibility index (Phi) is 5.32. The number of nitrogens with zero attached hydrogens (tertiary/aromatic N) is 2. The van der Waals surface area contributed by atoms with Crippen molar-refractivity contribution in [1.82, 2.24) is 5.32 Å². The number of anilines is 1. The molecule has 1 heterocycles. The zero-order chi connectivity index (χ0) is 16.1. The van der Waals surface area contributed by atoms with Crippen LogP contribution < -0.4 is 10.2 Å². The van der Waals surface area contributed by atoms with Crippen LogP contribution in [-0.4, -0.2) is 43.2 Å². The van der Waals surface area contributed by atoms with Crippen LogP contribution in [0.2, 0.25) is 0 Å². The van der Waals surface area contributed by atoms with Gasteiger partial charge in [-0.3, -0.25) is 10.1 Å². The molecule has 1 atom stereocenters. The number of nitrogens with one attached hydrogen (secondary N) is 1. The van der Waals surface area contributed by atoms with Crippen LogP contribution in [0, 0.1) is 10.1 Å². The standard InChI is InChI=1S/C15H21N3O4/c1-3-11-10-16-7-8-17(11)12-5-6-14(18(20)21)13(9-12)15(19)22-4-2/h5-6,9,11,16H,3-4,7-8,10H2,1-2H3/t11-/m0/s1. The second-order valence-electron chi connectivity index (χ2n) is 5.14. The molecule has 0 aromatic heterocycles. The van der Waals surface area contributed by atoms with Gasteiger partial charge in [-0.05, 0) is 25.5 Å². The quantitative estimate of drug-likeness (QED) is 0.508. The minimum absolute atomic E-state index is 0.0118. The number of rotatable bonds is 5. The smallest absolute Gasteiger partial charge is 0.345 e. The molecule has 0 aliphatic carbocycles. The van der Waals surface area contributed by atoms with Gasteiger partial charge in [-0.15, -0.1) is 0 Å². The molecule has 1 aromatic carbocycles. The number of esters is 1. The highest BCUT2D eigenvalue weighted by molar-refractivity contribution is 5.95. The minimum atomic E-state index is -0.653. The first-order valence-electron chi connectivity index (χ1n) is 7.51. The van der Waals surface area contributed by atoms with Crippen LogP contribution in [0.3, 0.4) is 0 Å². The van der Waals surface area contributed by atoms with Gasteiger partial charge in [-0.2, -0.15) is 0 Å². The van der Waals surface area contributed by atoms with Crippen molar-refractivity contribution in [1.29, 1.82) is 0 Å². The number of ether oxygens (including phenoxy) is 1. The summed E-state index contributed by atoms with van der Waals surface area (Å²) in [6.07, 6.45) is 0.957. The average Bonchev–Trinajstić information content (AvgIpc) is 2.54. The van der Waals surface area contributed by atoms with Gasteiger partial charge in [0.15, 0.2) is 0 Å². The second-order valence-corrected chi connectivity index (χ2v) is 5.14. The summed E-state index contributed by atoms with van der Waals surface area (Å²) in [5.74, 6) is -0.653. The van der Waals surface area contributed by atoms with E-state index in [9.17, 15) is 14.9 Å². The van der Waals surface area contributed by atoms with Crippen molar-refractivity contribution in [2.45, 2.75) is 26.3 Å². The van der Waals surface area contributed by atoms with Gasteiger partial charge in [0.2, 0.25) is 0 Å². The van der Waals surface area contributed by atoms with Gasteiger partial charge in [0, 0.05) is 37.4 Å². The molecule has 1 N–H and O–H groups in total. The maximum Gasteiger partial charge on any atom is 0.345 e. The van der Waals surface area contributed by atoms with E-state index in [1.54, 1.807) is 19.1 Å². The predicted molar refractivity (Wildman–Crippen MR) is 83.3 cm³/mol. The van der Waals surface area contributed by atoms with Gasteiger partial charge in [-0.1, -0.05) is 6.92 Å². The first kappa shape index (κ1) is 16.2. The third kappa shape index (κ3) is 3.36. The van der Waals surface area contributed by atoms with Gasteiger partial charge in [0.25, 0.3) is 5.69 Å². The van der Waals surface area contributed by atoms with Crippen molar-refractivity contribution >= 4 is 17.3 Å². The topological polar surface area (TPSA) is 84.7 Å². The molecule has 1 aliphatic rings. The Morgan fingerprint density at radius 3 is 2.91 bits per heavy atom. The van der Waals surface area contributed by atoms with Crippen LogP contribution >= 0.6 is 0 Å². The molecule has 1 aromatic rings. The van der Waals surface area contributed by atoms with E-state index in [0.717, 1.165) is 31.7 Å². The zero-order valence-electron chi connectivity index (χ0n) is 12.9. The molecule has 0 bridgehead atoms. The van der Waals surface area contributed by atoms with E-state index in [0.29, 0.717) is 6.04 Å². The number of nitro groups is 1. The molecular formula is C15H21N3O4. The highest BCUT2D eigenvalue weighted by atomic mass is 16.6. The van der Waals surface area contributed by atoms with Crippen molar-refractivity contribution < 1.29 is 14.5 Å². The molecule has 0 radical (unpaired) electrons. The van der Waals surface area contributed by atoms with Crippen LogP contribution in [0.1, 0.15) is 30.6 Å². The highest BCUT2D eigenvalue weighted by Crippen LogP contribution is 2.28. The lowest BCUT2D eigenvalue weighted by Crippen LogP contribution is -2.51. The van der Waals surface area contributed by atoms with E-state index in [1.807, 2.05) is 0 Å². The monoisotopic (exact) mass is 307 g/mol. The summed E-state index contributed by atoms with van der Waals surface area (Å²) in [5.41, 5.74) is 0.616. The Bertz CT molecular complexity index is 562. The maximum atomic E-state index is 12.0. The first-order valence-corrected chi connectivity index (χ1v) is 7.51. The Hall–Kier alpha value is -2.15. The third-order valence-corrected chi connectivity index (χ3v) is 3.83. The van der Waals surface area contributed by atoms with Gasteiger partial charge in [-0.25, -0.2) is 4.79 Å². The van der Waals surface area contributed by atoms with Gasteiger partial charge in [0.05, 0.1) is 11.5 Å². The number of benzene rings is 1. The fourth-order valence-electron chi connectivity index (χ4n) is 2.70. The van der Waals surface area contributed by atoms with Crippen LogP contribution in [0.25, 0.3) is 0 Å². The normalized spacial score (nSPS) is 18.1. The molecule has 0 spiro atoms. The Labute approximate surface area is 129 Å². The molecule has 7 nitrogen and oxygen atoms in total. The Morgan fingerprint density at radius 1 is 1.50 bits per heavy atom. The SMILES string of the molecule is CCOC(=O)c1cc(N2CCNC[C@@H]2CC)ccc1[N+](=O)[O-]. The van der Waals surface area contributed by atoms with Crippen LogP contribution in [0.4, 0.5) is 11.4 Å². The van der Waals surface area contributed by atoms with E-state index in [1.165, 1.54) is 6.07 Å². The highest BCUT2D eigenvalue weighted by Gasteiger charge is 2.26. The summed E-state index contributed by atoms with van der Waals surface area (Å²) in [6, 6.07) is 4.97. The van der Waals surface area contributed by atoms with Crippen LogP contribution in [0.5, 0.6) is 0 Å². The van der Waals surface area contributed by atoms with Crippen LogP contribution in [0.15, 0.2) is 18.2 Å². The number of hydrogen-bond acceptors (Lipinski definition) is 6. The number of hydrogen-bond donors (Lipinski definition) is 1. The van der Waals surface area contributed by atoms with Gasteiger partial charge < -0.3 is 15.0 Å². The summed E-state index contributed by atoms with van der Waals surface area (Å²) < 4.78 is 4.94. The zero-order valence-corrected chi connectivity index (χ0v) is 12.9. The Balaban J connectivity index is 2.39. The summed E-state index contributed by atoms with van der Waals surface area (Å²) in [7, 11) is 0. The van der Waals surface area contributed by atoms with E-state index in [2.05, 4.69) is 17.1 Å². The minimum Gasteiger partial charge on any atom is -0.462 e. The molecule has 0 amide bonds. The van der Waals surface area contributed by atoms with Gasteiger partial charge >= 0.3 is 5.97 Å². The molecule has 0 unspecified atom stereocenters. The van der Waals surface area contributed by atoms with Gasteiger partial charge in [0.1, 0.15) is 5.56 Å². The van der Waals surface area contributed by atoms with Crippen molar-refractivity contribution in [3.05, 3.63) is 33.9 Å². The number of carbonyl (C=O) groups is 1. The number of piperazine rings is 1. The van der Waals surface area contributed by atoms with E-state index < -0.39 is 10.9 Å². The van der Waals surface area contributed by atoms with Crippen molar-refractivity contribution in [3.8, 4) is 0 Å². The summed E-state index contributed by atoms with van der Waals surface area (Å²) in [5, 5.41) is 14.4. The molecule has 2 rings (SSSR count). The van der Waals surface area contributed by atoms with E-state index in [4.69, 9.17) is 4.74 Å². The second kappa shape index (κ2) is 7.22. The summed E-state index contributed by atoms with van der Waals surface area (Å²) in [4.78, 5) is 24.7. The van der Waals surface area contributed by atoms with Crippen molar-refractivity contribution in [2.75, 3.05) is 31.1 Å². The molecule has 1 aliphatic heterocycles. The molecule has 22 heavy (non-hydrogen) atoms. The lowest BCUT2D eigenvalue weighted by atomic mass is 10.1. The maximum absolute atomic E-state index is 12.0. The average molecular weight is 307 g/mol. The van der Waals surface area contributed by atoms with Crippen molar-refractivity contribution in [2.24, 2.45) is 0 Å². The summed E-state index contributed by atoms with van der Waals surface area (Å²) in [6.45, 7) is 6.48. The fraction of sp³-hybridized carbons (Fsp3) is 0.533. The largest absolute Gasteiger partial charge is 0.462 e. The van der Waals surface area contributed by atoms with Crippen molar-refractivity contribution in [3.63, 3.8) is 0 Å². The Morgan fingerprint density at radius 2 is 2.27 bits per heavy atom. The third-order valence-electron chi connectivity index (χ3n) is 3.83. The lowest BCUT2D eigenvalue weighted by molar-refractivity contribution is -0.385. The molecular weight excluding hydrogens is 286 g/mol. The predicted octanol–water partition coefficient (Wildman–Crippen LogP) is 1.96. The molecule has 120 valence electrons. The van der Waals surface area contributed by atoms with E-state index >= 15 is 0 Å². The van der Waals surface area contributed by atoms with E-state index in [-0.39, 0.29) is 17.9 Å². The molecule has 1 fully saturated rings. The number of carbonyl (C=O) groups excluding carboxylic acids is 1. The lowest BCUT2D eigenvalue weighted by Gasteiger charge is -2.37.